The first-order chi connectivity index (χ1) is 14.5. The number of ether oxygens (including phenoxy) is 3. The van der Waals surface area contributed by atoms with Crippen LogP contribution in [0.4, 0.5) is 0 Å². The maximum Gasteiger partial charge on any atom is 0.332 e. The smallest absolute Gasteiger partial charge is 0.332 e. The lowest BCUT2D eigenvalue weighted by Crippen LogP contribution is -2.51. The molecule has 2 aromatic rings. The van der Waals surface area contributed by atoms with Gasteiger partial charge in [0.25, 0.3) is 0 Å². The van der Waals surface area contributed by atoms with Crippen molar-refractivity contribution in [1.29, 1.82) is 0 Å². The average Bonchev–Trinajstić information content (AvgIpc) is 3.28. The SMILES string of the molecule is C=C[C@@H]1C[C@]1(NC(=O)[C@@H]1C[C@@H](Oc2nccc3cc(OC)ccc23)CN1)C(=O)OC. The topological polar surface area (TPSA) is 98.8 Å². The highest BCUT2D eigenvalue weighted by atomic mass is 16.5. The Kier molecular flexibility index (Phi) is 5.34. The zero-order valence-electron chi connectivity index (χ0n) is 17.0. The van der Waals surface area contributed by atoms with E-state index < -0.39 is 17.6 Å². The van der Waals surface area contributed by atoms with Crippen LogP contribution in [0.3, 0.4) is 0 Å². The van der Waals surface area contributed by atoms with Gasteiger partial charge in [-0.2, -0.15) is 0 Å². The molecule has 158 valence electrons. The van der Waals surface area contributed by atoms with E-state index in [1.54, 1.807) is 19.4 Å². The number of nitrogens with zero attached hydrogens (tertiary/aromatic N) is 1. The lowest BCUT2D eigenvalue weighted by molar-refractivity contribution is -0.147. The summed E-state index contributed by atoms with van der Waals surface area (Å²) in [4.78, 5) is 29.3. The van der Waals surface area contributed by atoms with Gasteiger partial charge in [0.15, 0.2) is 0 Å². The summed E-state index contributed by atoms with van der Waals surface area (Å²) in [5, 5.41) is 7.87. The number of hydrogen-bond donors (Lipinski definition) is 2. The molecule has 1 amide bonds. The first-order valence-electron chi connectivity index (χ1n) is 9.86. The Balaban J connectivity index is 1.41. The van der Waals surface area contributed by atoms with E-state index in [1.807, 2.05) is 24.3 Å². The monoisotopic (exact) mass is 411 g/mol. The van der Waals surface area contributed by atoms with Gasteiger partial charge < -0.3 is 24.8 Å². The lowest BCUT2D eigenvalue weighted by Gasteiger charge is -2.19. The predicted octanol–water partition coefficient (Wildman–Crippen LogP) is 1.59. The van der Waals surface area contributed by atoms with E-state index in [0.717, 1.165) is 16.5 Å². The van der Waals surface area contributed by atoms with Crippen molar-refractivity contribution in [2.45, 2.75) is 30.5 Å². The number of benzene rings is 1. The number of methoxy groups -OCH3 is 2. The van der Waals surface area contributed by atoms with Gasteiger partial charge in [-0.3, -0.25) is 4.79 Å². The molecule has 1 aliphatic carbocycles. The van der Waals surface area contributed by atoms with Gasteiger partial charge >= 0.3 is 5.97 Å². The second-order valence-corrected chi connectivity index (χ2v) is 7.64. The number of pyridine rings is 1. The summed E-state index contributed by atoms with van der Waals surface area (Å²) >= 11 is 0. The number of esters is 1. The van der Waals surface area contributed by atoms with Crippen LogP contribution in [-0.4, -0.2) is 55.3 Å². The summed E-state index contributed by atoms with van der Waals surface area (Å²) in [5.74, 6) is 0.479. The molecule has 8 nitrogen and oxygen atoms in total. The van der Waals surface area contributed by atoms with Crippen LogP contribution < -0.4 is 20.1 Å². The van der Waals surface area contributed by atoms with E-state index in [1.165, 1.54) is 7.11 Å². The fraction of sp³-hybridized carbons (Fsp3) is 0.409. The number of carbonyl (C=O) groups excluding carboxylic acids is 2. The molecule has 2 N–H and O–H groups in total. The molecule has 4 atom stereocenters. The zero-order chi connectivity index (χ0) is 21.3. The van der Waals surface area contributed by atoms with Crippen molar-refractivity contribution in [2.75, 3.05) is 20.8 Å². The number of nitrogens with one attached hydrogen (secondary N) is 2. The maximum atomic E-state index is 12.8. The number of carbonyl (C=O) groups is 2. The largest absolute Gasteiger partial charge is 0.497 e. The summed E-state index contributed by atoms with van der Waals surface area (Å²) < 4.78 is 16.2. The Labute approximate surface area is 174 Å². The molecule has 0 spiro atoms. The van der Waals surface area contributed by atoms with Crippen LogP contribution >= 0.6 is 0 Å². The van der Waals surface area contributed by atoms with Crippen LogP contribution in [0.5, 0.6) is 11.6 Å². The van der Waals surface area contributed by atoms with E-state index in [0.29, 0.717) is 25.3 Å². The van der Waals surface area contributed by atoms with E-state index in [9.17, 15) is 9.59 Å². The standard InChI is InChI=1S/C22H25N3O5/c1-4-14-11-22(14,21(27)29-3)25-19(26)18-10-16(12-24-18)30-20-17-6-5-15(28-2)9-13(17)7-8-23-20/h4-9,14,16,18,24H,1,10-12H2,2-3H3,(H,25,26)/t14-,16-,18+,22-/m1/s1. The van der Waals surface area contributed by atoms with Crippen molar-refractivity contribution in [3.63, 3.8) is 0 Å². The number of fused-ring (bicyclic) bond motifs is 1. The molecule has 4 rings (SSSR count). The minimum Gasteiger partial charge on any atom is -0.497 e. The fourth-order valence-electron chi connectivity index (χ4n) is 3.99. The summed E-state index contributed by atoms with van der Waals surface area (Å²) in [7, 11) is 2.94. The highest BCUT2D eigenvalue weighted by Gasteiger charge is 2.61. The lowest BCUT2D eigenvalue weighted by atomic mass is 10.1. The van der Waals surface area contributed by atoms with Crippen LogP contribution in [0.15, 0.2) is 43.1 Å². The summed E-state index contributed by atoms with van der Waals surface area (Å²) in [6.07, 6.45) is 4.11. The molecular weight excluding hydrogens is 386 g/mol. The van der Waals surface area contributed by atoms with E-state index in [4.69, 9.17) is 14.2 Å². The molecule has 2 heterocycles. The van der Waals surface area contributed by atoms with Crippen molar-refractivity contribution < 1.29 is 23.8 Å². The third-order valence-electron chi connectivity index (χ3n) is 5.82. The van der Waals surface area contributed by atoms with Gasteiger partial charge in [0, 0.05) is 30.5 Å². The maximum absolute atomic E-state index is 12.8. The Hall–Kier alpha value is -3.13. The first kappa shape index (κ1) is 20.2. The van der Waals surface area contributed by atoms with Crippen molar-refractivity contribution in [3.05, 3.63) is 43.1 Å². The molecule has 1 saturated carbocycles. The van der Waals surface area contributed by atoms with E-state index in [2.05, 4.69) is 22.2 Å². The molecule has 0 radical (unpaired) electrons. The number of aromatic nitrogens is 1. The summed E-state index contributed by atoms with van der Waals surface area (Å²) in [6, 6.07) is 7.12. The molecule has 2 fully saturated rings. The molecule has 1 aromatic heterocycles. The number of hydrogen-bond acceptors (Lipinski definition) is 7. The molecule has 2 aliphatic rings. The quantitative estimate of drug-likeness (QED) is 0.527. The van der Waals surface area contributed by atoms with Crippen molar-refractivity contribution in [2.24, 2.45) is 5.92 Å². The van der Waals surface area contributed by atoms with Crippen molar-refractivity contribution >= 4 is 22.6 Å². The fourth-order valence-corrected chi connectivity index (χ4v) is 3.99. The summed E-state index contributed by atoms with van der Waals surface area (Å²) in [5.41, 5.74) is -0.996. The minimum absolute atomic E-state index is 0.112. The predicted molar refractivity (Wildman–Crippen MR) is 110 cm³/mol. The van der Waals surface area contributed by atoms with Crippen molar-refractivity contribution in [3.8, 4) is 11.6 Å². The van der Waals surface area contributed by atoms with Gasteiger partial charge in [-0.25, -0.2) is 9.78 Å². The third-order valence-corrected chi connectivity index (χ3v) is 5.82. The average molecular weight is 411 g/mol. The van der Waals surface area contributed by atoms with Gasteiger partial charge in [-0.15, -0.1) is 6.58 Å². The van der Waals surface area contributed by atoms with Gasteiger partial charge in [-0.1, -0.05) is 6.08 Å². The normalized spacial score (nSPS) is 27.3. The molecule has 0 bridgehead atoms. The van der Waals surface area contributed by atoms with Gasteiger partial charge in [0.2, 0.25) is 11.8 Å². The Morgan fingerprint density at radius 3 is 2.87 bits per heavy atom. The molecule has 1 saturated heterocycles. The minimum atomic E-state index is -0.996. The van der Waals surface area contributed by atoms with Gasteiger partial charge in [0.05, 0.1) is 20.3 Å². The zero-order valence-corrected chi connectivity index (χ0v) is 17.0. The molecule has 1 aromatic carbocycles. The van der Waals surface area contributed by atoms with E-state index in [-0.39, 0.29) is 17.9 Å². The van der Waals surface area contributed by atoms with Crippen LogP contribution in [0.2, 0.25) is 0 Å². The number of amides is 1. The molecule has 30 heavy (non-hydrogen) atoms. The molecule has 1 aliphatic heterocycles. The Morgan fingerprint density at radius 1 is 1.33 bits per heavy atom. The Bertz CT molecular complexity index is 994. The van der Waals surface area contributed by atoms with Crippen LogP contribution in [0.1, 0.15) is 12.8 Å². The highest BCUT2D eigenvalue weighted by Crippen LogP contribution is 2.45. The molecule has 8 heteroatoms. The van der Waals surface area contributed by atoms with Crippen LogP contribution in [0.25, 0.3) is 10.8 Å². The summed E-state index contributed by atoms with van der Waals surface area (Å²) in [6.45, 7) is 4.23. The van der Waals surface area contributed by atoms with E-state index >= 15 is 0 Å². The Morgan fingerprint density at radius 2 is 2.17 bits per heavy atom. The molecule has 0 unspecified atom stereocenters. The highest BCUT2D eigenvalue weighted by molar-refractivity contribution is 5.93. The third kappa shape index (κ3) is 3.59. The second kappa shape index (κ2) is 7.95. The van der Waals surface area contributed by atoms with Crippen LogP contribution in [0, 0.1) is 5.92 Å². The number of rotatable bonds is 7. The first-order valence-corrected chi connectivity index (χ1v) is 9.86. The van der Waals surface area contributed by atoms with Gasteiger partial charge in [-0.05, 0) is 36.1 Å². The van der Waals surface area contributed by atoms with Crippen LogP contribution in [-0.2, 0) is 14.3 Å². The van der Waals surface area contributed by atoms with Crippen molar-refractivity contribution in [1.82, 2.24) is 15.6 Å². The second-order valence-electron chi connectivity index (χ2n) is 7.64. The molecular formula is C22H25N3O5. The van der Waals surface area contributed by atoms with Gasteiger partial charge in [0.1, 0.15) is 17.4 Å².